The number of hydrogen-bond donors (Lipinski definition) is 0. The van der Waals surface area contributed by atoms with E-state index in [0.717, 1.165) is 33.4 Å². The quantitative estimate of drug-likeness (QED) is 0.0481. The van der Waals surface area contributed by atoms with Crippen molar-refractivity contribution in [2.75, 3.05) is 0 Å². The minimum Gasteiger partial charge on any atom is -0.485 e. The topological polar surface area (TPSA) is 108 Å². The summed E-state index contributed by atoms with van der Waals surface area (Å²) in [6.45, 7) is 3.02. The first-order chi connectivity index (χ1) is 35.9. The lowest BCUT2D eigenvalue weighted by Crippen LogP contribution is -2.12. The number of benzene rings is 9. The Kier molecular flexibility index (Phi) is 16.4. The summed E-state index contributed by atoms with van der Waals surface area (Å²) in [5.74, 6) is 1.01. The van der Waals surface area contributed by atoms with E-state index in [9.17, 15) is 9.59 Å². The highest BCUT2D eigenvalue weighted by atomic mass is 16.6. The van der Waals surface area contributed by atoms with Crippen LogP contribution in [0.5, 0.6) is 46.0 Å². The Labute approximate surface area is 424 Å². The second-order valence-electron chi connectivity index (χ2n) is 17.0. The zero-order valence-corrected chi connectivity index (χ0v) is 40.2. The van der Waals surface area contributed by atoms with Crippen LogP contribution in [0.2, 0.25) is 0 Å². The van der Waals surface area contributed by atoms with Gasteiger partial charge in [0.2, 0.25) is 11.5 Å². The molecule has 10 nitrogen and oxygen atoms in total. The van der Waals surface area contributed by atoms with E-state index < -0.39 is 11.9 Å². The number of esters is 2. The maximum absolute atomic E-state index is 14.2. The van der Waals surface area contributed by atoms with Crippen LogP contribution in [0.4, 0.5) is 0 Å². The van der Waals surface area contributed by atoms with Gasteiger partial charge in [0.05, 0.1) is 11.1 Å². The monoisotopic (exact) mass is 968 g/mol. The summed E-state index contributed by atoms with van der Waals surface area (Å²) in [5, 5.41) is 0. The highest BCUT2D eigenvalue weighted by Gasteiger charge is 2.24. The maximum atomic E-state index is 14.2. The third-order valence-electron chi connectivity index (χ3n) is 11.5. The normalized spacial score (nSPS) is 10.7. The average molecular weight is 969 g/mol. The molecule has 0 saturated heterocycles. The fourth-order valence-corrected chi connectivity index (χ4v) is 7.63. The van der Waals surface area contributed by atoms with Gasteiger partial charge < -0.3 is 37.9 Å². The molecule has 0 saturated carbocycles. The number of hydrogen-bond acceptors (Lipinski definition) is 10. The minimum absolute atomic E-state index is 0.165. The van der Waals surface area contributed by atoms with Gasteiger partial charge in [-0.1, -0.05) is 182 Å². The molecular formula is C63H52O10. The predicted molar refractivity (Wildman–Crippen MR) is 279 cm³/mol. The van der Waals surface area contributed by atoms with Crippen molar-refractivity contribution < 1.29 is 47.5 Å². The van der Waals surface area contributed by atoms with Crippen LogP contribution in [0.3, 0.4) is 0 Å². The van der Waals surface area contributed by atoms with E-state index >= 15 is 0 Å². The van der Waals surface area contributed by atoms with Crippen LogP contribution in [-0.4, -0.2) is 11.9 Å². The first-order valence-electron chi connectivity index (χ1n) is 23.8. The lowest BCUT2D eigenvalue weighted by molar-refractivity contribution is 0.0717. The Morgan fingerprint density at radius 3 is 0.863 bits per heavy atom. The molecule has 10 heteroatoms. The van der Waals surface area contributed by atoms with Crippen LogP contribution in [0.1, 0.15) is 59.7 Å². The van der Waals surface area contributed by atoms with Gasteiger partial charge in [0.25, 0.3) is 0 Å². The smallest absolute Gasteiger partial charge is 0.343 e. The van der Waals surface area contributed by atoms with Crippen LogP contribution < -0.4 is 37.9 Å². The molecule has 0 aliphatic rings. The molecule has 9 aromatic carbocycles. The second-order valence-corrected chi connectivity index (χ2v) is 17.0. The fourth-order valence-electron chi connectivity index (χ4n) is 7.63. The van der Waals surface area contributed by atoms with E-state index in [0.29, 0.717) is 40.1 Å². The van der Waals surface area contributed by atoms with Crippen molar-refractivity contribution in [2.24, 2.45) is 0 Å². The van der Waals surface area contributed by atoms with Crippen molar-refractivity contribution >= 4 is 11.9 Å². The number of carbonyl (C=O) groups is 2. The zero-order chi connectivity index (χ0) is 50.0. The minimum atomic E-state index is -0.673. The summed E-state index contributed by atoms with van der Waals surface area (Å²) in [6.07, 6.45) is 0. The summed E-state index contributed by atoms with van der Waals surface area (Å²) >= 11 is 0. The molecule has 0 unspecified atom stereocenters. The summed E-state index contributed by atoms with van der Waals surface area (Å²) in [7, 11) is 0. The third-order valence-corrected chi connectivity index (χ3v) is 11.5. The van der Waals surface area contributed by atoms with Crippen molar-refractivity contribution in [2.45, 2.75) is 46.6 Å². The molecule has 0 spiro atoms. The molecule has 0 atom stereocenters. The number of ether oxygens (including phenoxy) is 8. The lowest BCUT2D eigenvalue weighted by Gasteiger charge is -2.19. The van der Waals surface area contributed by atoms with E-state index in [4.69, 9.17) is 37.9 Å². The van der Waals surface area contributed by atoms with E-state index in [-0.39, 0.29) is 62.3 Å². The van der Waals surface area contributed by atoms with Crippen LogP contribution in [0.15, 0.2) is 224 Å². The van der Waals surface area contributed by atoms with Crippen LogP contribution in [0.25, 0.3) is 0 Å². The van der Waals surface area contributed by atoms with Gasteiger partial charge in [-0.05, 0) is 88.3 Å². The molecule has 0 radical (unpaired) electrons. The molecule has 0 bridgehead atoms. The molecule has 364 valence electrons. The Bertz CT molecular complexity index is 3080. The highest BCUT2D eigenvalue weighted by Crippen LogP contribution is 2.43. The SMILES string of the molecule is Cc1cc(OC(=O)c2cc(OCc3ccccc3)c(OCc3ccccc3)c(OCc3ccccc3)c2)ccc1OC(=O)c1cc(OCc2ccccc2)c(OCc2ccccc2)c(OCc2ccccc2)c1. The maximum Gasteiger partial charge on any atom is 0.343 e. The van der Waals surface area contributed by atoms with Gasteiger partial charge in [-0.15, -0.1) is 0 Å². The van der Waals surface area contributed by atoms with Crippen molar-refractivity contribution in [1.29, 1.82) is 0 Å². The van der Waals surface area contributed by atoms with Crippen LogP contribution >= 0.6 is 0 Å². The Morgan fingerprint density at radius 2 is 0.575 bits per heavy atom. The number of rotatable bonds is 22. The van der Waals surface area contributed by atoms with Gasteiger partial charge in [-0.25, -0.2) is 9.59 Å². The zero-order valence-electron chi connectivity index (χ0n) is 40.2. The molecule has 0 aliphatic carbocycles. The van der Waals surface area contributed by atoms with Crippen molar-refractivity contribution in [3.8, 4) is 46.0 Å². The van der Waals surface area contributed by atoms with Gasteiger partial charge in [0.1, 0.15) is 51.1 Å². The Morgan fingerprint density at radius 1 is 0.301 bits per heavy atom. The van der Waals surface area contributed by atoms with Gasteiger partial charge in [0, 0.05) is 0 Å². The molecule has 9 rings (SSSR count). The largest absolute Gasteiger partial charge is 0.485 e. The molecular weight excluding hydrogens is 917 g/mol. The first kappa shape index (κ1) is 48.7. The molecule has 0 aliphatic heterocycles. The predicted octanol–water partition coefficient (Wildman–Crippen LogP) is 13.9. The van der Waals surface area contributed by atoms with Crippen molar-refractivity contribution in [1.82, 2.24) is 0 Å². The number of carbonyl (C=O) groups excluding carboxylic acids is 2. The molecule has 0 heterocycles. The third kappa shape index (κ3) is 13.7. The van der Waals surface area contributed by atoms with E-state index in [1.807, 2.05) is 182 Å². The molecule has 0 amide bonds. The number of aryl methyl sites for hydroxylation is 1. The molecule has 0 aromatic heterocycles. The highest BCUT2D eigenvalue weighted by molar-refractivity contribution is 5.94. The Hall–Kier alpha value is -9.28. The van der Waals surface area contributed by atoms with Gasteiger partial charge in [0.15, 0.2) is 23.0 Å². The Balaban J connectivity index is 0.971. The van der Waals surface area contributed by atoms with Crippen molar-refractivity contribution in [3.05, 3.63) is 275 Å². The summed E-state index contributed by atoms with van der Waals surface area (Å²) < 4.78 is 50.4. The first-order valence-corrected chi connectivity index (χ1v) is 23.8. The standard InChI is InChI=1S/C63H52O10/c1-45-34-54(72-62(64)52-35-56(66-39-46-20-8-2-9-21-46)60(70-43-50-28-16-6-17-29-50)57(36-52)67-40-47-22-10-3-11-23-47)32-33-55(45)73-63(65)53-37-58(68-41-48-24-12-4-13-25-48)61(71-44-51-30-18-7-19-31-51)59(38-53)69-42-49-26-14-5-15-27-49/h2-38H,39-44H2,1H3. The summed E-state index contributed by atoms with van der Waals surface area (Å²) in [5.41, 5.74) is 6.44. The fraction of sp³-hybridized carbons (Fsp3) is 0.111. The summed E-state index contributed by atoms with van der Waals surface area (Å²) in [4.78, 5) is 28.3. The molecule has 0 fully saturated rings. The van der Waals surface area contributed by atoms with Crippen LogP contribution in [-0.2, 0) is 39.6 Å². The summed E-state index contributed by atoms with van der Waals surface area (Å²) in [6, 6.07) is 69.5. The van der Waals surface area contributed by atoms with Gasteiger partial charge >= 0.3 is 11.9 Å². The van der Waals surface area contributed by atoms with E-state index in [2.05, 4.69) is 0 Å². The van der Waals surface area contributed by atoms with Crippen molar-refractivity contribution in [3.63, 3.8) is 0 Å². The van der Waals surface area contributed by atoms with E-state index in [1.54, 1.807) is 49.4 Å². The van der Waals surface area contributed by atoms with E-state index in [1.165, 1.54) is 0 Å². The molecule has 0 N–H and O–H groups in total. The second kappa shape index (κ2) is 24.5. The van der Waals surface area contributed by atoms with Gasteiger partial charge in [-0.2, -0.15) is 0 Å². The average Bonchev–Trinajstić information content (AvgIpc) is 3.44. The molecule has 73 heavy (non-hydrogen) atoms. The van der Waals surface area contributed by atoms with Gasteiger partial charge in [-0.3, -0.25) is 0 Å². The van der Waals surface area contributed by atoms with Crippen LogP contribution in [0, 0.1) is 6.92 Å². The lowest BCUT2D eigenvalue weighted by atomic mass is 10.1. The molecule has 9 aromatic rings.